The second-order valence-electron chi connectivity index (χ2n) is 7.26. The minimum atomic E-state index is -0.314. The first-order valence-electron chi connectivity index (χ1n) is 9.42. The molecule has 2 aromatic rings. The molecule has 6 heteroatoms. The first kappa shape index (κ1) is 19.7. The zero-order chi connectivity index (χ0) is 20.4. The maximum absolute atomic E-state index is 12.9. The molecule has 0 saturated heterocycles. The number of ether oxygens (including phenoxy) is 1. The summed E-state index contributed by atoms with van der Waals surface area (Å²) in [5.74, 6) is -0.314. The topological polar surface area (TPSA) is 54.8 Å². The van der Waals surface area contributed by atoms with E-state index in [0.717, 1.165) is 16.9 Å². The molecule has 1 aliphatic heterocycles. The number of esters is 1. The monoisotopic (exact) mass is 381 g/mol. The van der Waals surface area contributed by atoms with E-state index in [-0.39, 0.29) is 18.6 Å². The van der Waals surface area contributed by atoms with Crippen molar-refractivity contribution in [3.8, 4) is 0 Å². The van der Waals surface area contributed by atoms with Gasteiger partial charge in [-0.1, -0.05) is 36.4 Å². The Labute approximate surface area is 166 Å². The van der Waals surface area contributed by atoms with Gasteiger partial charge in [-0.3, -0.25) is 14.6 Å². The largest absolute Gasteiger partial charge is 0.466 e. The van der Waals surface area contributed by atoms with Crippen LogP contribution in [0.2, 0.25) is 0 Å². The summed E-state index contributed by atoms with van der Waals surface area (Å²) in [7, 11) is 1.79. The summed E-state index contributed by atoms with van der Waals surface area (Å²) in [6.07, 6.45) is 2.63. The summed E-state index contributed by atoms with van der Waals surface area (Å²) in [6.45, 7) is 11.1. The van der Waals surface area contributed by atoms with E-state index >= 15 is 0 Å². The molecule has 6 nitrogen and oxygen atoms in total. The molecule has 2 heterocycles. The van der Waals surface area contributed by atoms with Crippen molar-refractivity contribution in [2.45, 2.75) is 33.7 Å². The lowest BCUT2D eigenvalue weighted by molar-refractivity contribution is -0.141. The molecular weight excluding hydrogens is 354 g/mol. The molecule has 0 unspecified atom stereocenters. The van der Waals surface area contributed by atoms with E-state index in [9.17, 15) is 9.59 Å². The highest BCUT2D eigenvalue weighted by atomic mass is 16.5. The lowest BCUT2D eigenvalue weighted by Crippen LogP contribution is -2.45. The van der Waals surface area contributed by atoms with Crippen molar-refractivity contribution in [3.63, 3.8) is 0 Å². The molecule has 0 aliphatic carbocycles. The van der Waals surface area contributed by atoms with Gasteiger partial charge in [0.25, 0.3) is 0 Å². The van der Waals surface area contributed by atoms with Gasteiger partial charge < -0.3 is 9.30 Å². The molecule has 2 amide bonds. The average Bonchev–Trinajstić information content (AvgIpc) is 2.97. The van der Waals surface area contributed by atoms with Gasteiger partial charge in [0.1, 0.15) is 0 Å². The summed E-state index contributed by atoms with van der Waals surface area (Å²) in [4.78, 5) is 27.1. The SMILES string of the molecule is C=C1c2c(c(C)cn2Cc2ccc(C)cc2)N(C)C(=O)N1CCCOC(C)=O. The average molecular weight is 381 g/mol. The van der Waals surface area contributed by atoms with Crippen molar-refractivity contribution in [2.24, 2.45) is 0 Å². The highest BCUT2D eigenvalue weighted by Gasteiger charge is 2.34. The third-order valence-electron chi connectivity index (χ3n) is 4.99. The van der Waals surface area contributed by atoms with Crippen LogP contribution in [-0.2, 0) is 16.1 Å². The van der Waals surface area contributed by atoms with Gasteiger partial charge in [-0.2, -0.15) is 0 Å². The highest BCUT2D eigenvalue weighted by molar-refractivity contribution is 6.04. The normalized spacial score (nSPS) is 13.7. The van der Waals surface area contributed by atoms with Gasteiger partial charge in [0.15, 0.2) is 0 Å². The number of rotatable bonds is 6. The molecule has 0 N–H and O–H groups in total. The summed E-state index contributed by atoms with van der Waals surface area (Å²) < 4.78 is 7.14. The van der Waals surface area contributed by atoms with Crippen molar-refractivity contribution in [1.29, 1.82) is 0 Å². The second kappa shape index (κ2) is 7.92. The van der Waals surface area contributed by atoms with Crippen LogP contribution in [0, 0.1) is 13.8 Å². The molecule has 0 radical (unpaired) electrons. The van der Waals surface area contributed by atoms with E-state index in [1.54, 1.807) is 16.8 Å². The van der Waals surface area contributed by atoms with Gasteiger partial charge in [0, 0.05) is 33.3 Å². The van der Waals surface area contributed by atoms with Crippen LogP contribution in [0.3, 0.4) is 0 Å². The number of aromatic nitrogens is 1. The number of carbonyl (C=O) groups excluding carboxylic acids is 2. The highest BCUT2D eigenvalue weighted by Crippen LogP contribution is 2.38. The molecule has 28 heavy (non-hydrogen) atoms. The summed E-state index contributed by atoms with van der Waals surface area (Å²) >= 11 is 0. The van der Waals surface area contributed by atoms with Crippen molar-refractivity contribution in [2.75, 3.05) is 25.1 Å². The molecule has 3 rings (SSSR count). The van der Waals surface area contributed by atoms with Gasteiger partial charge in [-0.15, -0.1) is 0 Å². The predicted octanol–water partition coefficient (Wildman–Crippen LogP) is 3.95. The van der Waals surface area contributed by atoms with Gasteiger partial charge in [0.2, 0.25) is 0 Å². The molecule has 1 aromatic carbocycles. The van der Waals surface area contributed by atoms with Crippen molar-refractivity contribution >= 4 is 23.4 Å². The van der Waals surface area contributed by atoms with Crippen molar-refractivity contribution in [3.05, 3.63) is 59.4 Å². The number of anilines is 1. The van der Waals surface area contributed by atoms with Gasteiger partial charge >= 0.3 is 12.0 Å². The van der Waals surface area contributed by atoms with E-state index in [2.05, 4.69) is 48.5 Å². The summed E-state index contributed by atoms with van der Waals surface area (Å²) in [5.41, 5.74) is 5.99. The number of carbonyl (C=O) groups is 2. The number of amides is 2. The number of hydrogen-bond acceptors (Lipinski definition) is 3. The number of urea groups is 1. The third kappa shape index (κ3) is 3.81. The van der Waals surface area contributed by atoms with Gasteiger partial charge in [-0.25, -0.2) is 4.79 Å². The zero-order valence-electron chi connectivity index (χ0n) is 17.0. The van der Waals surface area contributed by atoms with Crippen LogP contribution in [0.15, 0.2) is 37.0 Å². The first-order chi connectivity index (χ1) is 13.3. The van der Waals surface area contributed by atoms with E-state index in [1.165, 1.54) is 18.1 Å². The molecule has 1 aliphatic rings. The van der Waals surface area contributed by atoms with Crippen LogP contribution < -0.4 is 4.90 Å². The summed E-state index contributed by atoms with van der Waals surface area (Å²) in [5, 5.41) is 0. The second-order valence-corrected chi connectivity index (χ2v) is 7.26. The van der Waals surface area contributed by atoms with Crippen LogP contribution in [-0.4, -0.2) is 41.7 Å². The van der Waals surface area contributed by atoms with Crippen LogP contribution >= 0.6 is 0 Å². The third-order valence-corrected chi connectivity index (χ3v) is 4.99. The number of nitrogens with zero attached hydrogens (tertiary/aromatic N) is 3. The Morgan fingerprint density at radius 2 is 1.86 bits per heavy atom. The molecular formula is C22H27N3O3. The Morgan fingerprint density at radius 3 is 2.50 bits per heavy atom. The maximum Gasteiger partial charge on any atom is 0.328 e. The van der Waals surface area contributed by atoms with Gasteiger partial charge in [-0.05, 0) is 31.4 Å². The standard InChI is InChI=1S/C22H27N3O3/c1-15-7-9-19(10-8-15)14-24-13-16(2)20-21(24)17(3)25(22(27)23(20)5)11-6-12-28-18(4)26/h7-10,13H,3,6,11-12,14H2,1-2,4-5H3. The molecule has 0 spiro atoms. The Balaban J connectivity index is 1.87. The van der Waals surface area contributed by atoms with Gasteiger partial charge in [0.05, 0.1) is 23.7 Å². The van der Waals surface area contributed by atoms with E-state index in [0.29, 0.717) is 25.2 Å². The fourth-order valence-electron chi connectivity index (χ4n) is 3.61. The molecule has 0 fully saturated rings. The van der Waals surface area contributed by atoms with Crippen LogP contribution in [0.5, 0.6) is 0 Å². The molecule has 148 valence electrons. The van der Waals surface area contributed by atoms with Crippen LogP contribution in [0.4, 0.5) is 10.5 Å². The lowest BCUT2D eigenvalue weighted by atomic mass is 10.1. The molecule has 0 atom stereocenters. The number of fused-ring (bicyclic) bond motifs is 1. The Kier molecular flexibility index (Phi) is 5.58. The predicted molar refractivity (Wildman–Crippen MR) is 110 cm³/mol. The quantitative estimate of drug-likeness (QED) is 0.562. The Morgan fingerprint density at radius 1 is 1.18 bits per heavy atom. The fourth-order valence-corrected chi connectivity index (χ4v) is 3.61. The van der Waals surface area contributed by atoms with Crippen molar-refractivity contribution < 1.29 is 14.3 Å². The zero-order valence-corrected chi connectivity index (χ0v) is 17.0. The van der Waals surface area contributed by atoms with E-state index in [4.69, 9.17) is 4.74 Å². The number of hydrogen-bond donors (Lipinski definition) is 0. The van der Waals surface area contributed by atoms with Crippen molar-refractivity contribution in [1.82, 2.24) is 9.47 Å². The summed E-state index contributed by atoms with van der Waals surface area (Å²) in [6, 6.07) is 8.33. The van der Waals surface area contributed by atoms with Crippen LogP contribution in [0.1, 0.15) is 35.7 Å². The van der Waals surface area contributed by atoms with E-state index in [1.807, 2.05) is 6.92 Å². The number of benzene rings is 1. The minimum absolute atomic E-state index is 0.114. The smallest absolute Gasteiger partial charge is 0.328 e. The molecule has 0 bridgehead atoms. The minimum Gasteiger partial charge on any atom is -0.466 e. The van der Waals surface area contributed by atoms with E-state index < -0.39 is 0 Å². The molecule has 0 saturated carbocycles. The number of aryl methyl sites for hydroxylation is 2. The Bertz CT molecular complexity index is 912. The molecule has 1 aromatic heterocycles. The lowest BCUT2D eigenvalue weighted by Gasteiger charge is -2.36. The maximum atomic E-state index is 12.9. The fraction of sp³-hybridized carbons (Fsp3) is 0.364. The van der Waals surface area contributed by atoms with Crippen LogP contribution in [0.25, 0.3) is 5.70 Å². The Hall–Kier alpha value is -3.02. The first-order valence-corrected chi connectivity index (χ1v) is 9.42.